The van der Waals surface area contributed by atoms with Crippen molar-refractivity contribution in [2.45, 2.75) is 18.8 Å². The molecule has 0 radical (unpaired) electrons. The maximum atomic E-state index is 12.2. The lowest BCUT2D eigenvalue weighted by atomic mass is 10.3. The number of nitrogen functional groups attached to an aromatic ring is 1. The Morgan fingerprint density at radius 3 is 3.00 bits per heavy atom. The van der Waals surface area contributed by atoms with Crippen molar-refractivity contribution < 1.29 is 8.42 Å². The molecule has 2 heterocycles. The van der Waals surface area contributed by atoms with Crippen LogP contribution in [0.4, 0.5) is 5.82 Å². The number of thioether (sulfide) groups is 1. The minimum absolute atomic E-state index is 0.146. The molecule has 1 unspecified atom stereocenters. The molecule has 1 fully saturated rings. The van der Waals surface area contributed by atoms with E-state index in [2.05, 4.69) is 4.98 Å². The summed E-state index contributed by atoms with van der Waals surface area (Å²) in [4.78, 5) is 6.15. The number of aromatic nitrogens is 1. The van der Waals surface area contributed by atoms with Crippen molar-refractivity contribution in [3.63, 3.8) is 0 Å². The van der Waals surface area contributed by atoms with Crippen molar-refractivity contribution in [2.75, 3.05) is 29.5 Å². The lowest BCUT2D eigenvalue weighted by molar-refractivity contribution is 0.259. The van der Waals surface area contributed by atoms with Gasteiger partial charge in [0.1, 0.15) is 11.2 Å². The van der Waals surface area contributed by atoms with Gasteiger partial charge in [-0.05, 0) is 12.1 Å². The Kier molecular flexibility index (Phi) is 5.17. The predicted molar refractivity (Wildman–Crippen MR) is 84.6 cm³/mol. The Morgan fingerprint density at radius 1 is 1.55 bits per heavy atom. The van der Waals surface area contributed by atoms with Gasteiger partial charge < -0.3 is 5.73 Å². The van der Waals surface area contributed by atoms with E-state index in [1.54, 1.807) is 30.8 Å². The van der Waals surface area contributed by atoms with E-state index in [1.807, 2.05) is 4.90 Å². The lowest BCUT2D eigenvalue weighted by Gasteiger charge is -2.34. The number of hydrogen-bond acceptors (Lipinski definition) is 6. The first-order valence-corrected chi connectivity index (χ1v) is 9.63. The van der Waals surface area contributed by atoms with Crippen molar-refractivity contribution in [3.05, 3.63) is 22.8 Å². The summed E-state index contributed by atoms with van der Waals surface area (Å²) < 4.78 is 24.3. The zero-order valence-corrected chi connectivity index (χ0v) is 13.6. The monoisotopic (exact) mass is 335 g/mol. The molecule has 1 aliphatic rings. The molecule has 0 bridgehead atoms. The van der Waals surface area contributed by atoms with Crippen LogP contribution >= 0.6 is 23.4 Å². The van der Waals surface area contributed by atoms with E-state index in [9.17, 15) is 8.42 Å². The van der Waals surface area contributed by atoms with Crippen molar-refractivity contribution in [1.29, 1.82) is 0 Å². The van der Waals surface area contributed by atoms with Crippen molar-refractivity contribution in [3.8, 4) is 0 Å². The van der Waals surface area contributed by atoms with E-state index in [4.69, 9.17) is 17.3 Å². The van der Waals surface area contributed by atoms with Gasteiger partial charge >= 0.3 is 0 Å². The zero-order valence-electron chi connectivity index (χ0n) is 11.3. The van der Waals surface area contributed by atoms with Crippen LogP contribution in [0, 0.1) is 0 Å². The summed E-state index contributed by atoms with van der Waals surface area (Å²) in [5.74, 6) is 2.05. The number of anilines is 1. The molecule has 1 aromatic heterocycles. The molecule has 8 heteroatoms. The second-order valence-electron chi connectivity index (χ2n) is 4.62. The first-order valence-electron chi connectivity index (χ1n) is 6.38. The normalized spacial score (nSPS) is 21.0. The minimum Gasteiger partial charge on any atom is -0.384 e. The highest BCUT2D eigenvalue weighted by Gasteiger charge is 2.33. The summed E-state index contributed by atoms with van der Waals surface area (Å²) in [6.07, 6.45) is 0. The van der Waals surface area contributed by atoms with Crippen molar-refractivity contribution in [2.24, 2.45) is 0 Å². The van der Waals surface area contributed by atoms with Gasteiger partial charge in [0.25, 0.3) is 0 Å². The number of pyridine rings is 1. The maximum Gasteiger partial charge on any atom is 0.166 e. The third-order valence-corrected chi connectivity index (χ3v) is 6.98. The largest absolute Gasteiger partial charge is 0.384 e. The molecule has 1 aliphatic heterocycles. The van der Waals surface area contributed by atoms with Gasteiger partial charge in [-0.2, -0.15) is 11.8 Å². The molecule has 0 saturated carbocycles. The molecule has 1 aromatic rings. The molecular weight excluding hydrogens is 318 g/mol. The molecule has 1 saturated heterocycles. The summed E-state index contributed by atoms with van der Waals surface area (Å²) >= 11 is 7.78. The molecular formula is C12H18ClN3O2S2. The summed E-state index contributed by atoms with van der Waals surface area (Å²) in [6, 6.07) is 3.33. The van der Waals surface area contributed by atoms with Gasteiger partial charge in [-0.3, -0.25) is 4.90 Å². The van der Waals surface area contributed by atoms with Gasteiger partial charge in [-0.1, -0.05) is 18.5 Å². The number of halogens is 1. The summed E-state index contributed by atoms with van der Waals surface area (Å²) in [5.41, 5.74) is 6.30. The SMILES string of the molecule is CCS(=O)(=O)C1CSCCN1Cc1nc(N)ccc1Cl. The fourth-order valence-corrected chi connectivity index (χ4v) is 5.37. The van der Waals surface area contributed by atoms with Gasteiger partial charge in [-0.15, -0.1) is 0 Å². The first kappa shape index (κ1) is 15.9. The van der Waals surface area contributed by atoms with E-state index < -0.39 is 15.2 Å². The lowest BCUT2D eigenvalue weighted by Crippen LogP contribution is -2.47. The second-order valence-corrected chi connectivity index (χ2v) is 8.62. The highest BCUT2D eigenvalue weighted by molar-refractivity contribution is 8.01. The molecule has 112 valence electrons. The maximum absolute atomic E-state index is 12.2. The Labute approximate surface area is 128 Å². The number of rotatable bonds is 4. The molecule has 0 spiro atoms. The Balaban J connectivity index is 2.23. The molecule has 20 heavy (non-hydrogen) atoms. The summed E-state index contributed by atoms with van der Waals surface area (Å²) in [5, 5.41) is 0.0515. The Morgan fingerprint density at radius 2 is 2.30 bits per heavy atom. The standard InChI is InChI=1S/C12H18ClN3O2S2/c1-2-20(17,18)12-8-19-6-5-16(12)7-10-9(13)3-4-11(14)15-10/h3-4,12H,2,5-8H2,1H3,(H2,14,15). The quantitative estimate of drug-likeness (QED) is 0.901. The topological polar surface area (TPSA) is 76.3 Å². The molecule has 0 aromatic carbocycles. The van der Waals surface area contributed by atoms with E-state index >= 15 is 0 Å². The van der Waals surface area contributed by atoms with Crippen LogP contribution in [0.2, 0.25) is 5.02 Å². The van der Waals surface area contributed by atoms with E-state index in [0.29, 0.717) is 35.4 Å². The third kappa shape index (κ3) is 3.58. The number of sulfone groups is 1. The van der Waals surface area contributed by atoms with Gasteiger partial charge in [0.15, 0.2) is 9.84 Å². The third-order valence-electron chi connectivity index (χ3n) is 3.30. The Hall–Kier alpha value is -0.500. The van der Waals surface area contributed by atoms with Gasteiger partial charge in [0.2, 0.25) is 0 Å². The average molecular weight is 336 g/mol. The number of nitrogens with zero attached hydrogens (tertiary/aromatic N) is 2. The summed E-state index contributed by atoms with van der Waals surface area (Å²) in [6.45, 7) is 2.80. The van der Waals surface area contributed by atoms with Crippen molar-refractivity contribution >= 4 is 39.0 Å². The van der Waals surface area contributed by atoms with Crippen LogP contribution < -0.4 is 5.73 Å². The average Bonchev–Trinajstić information content (AvgIpc) is 2.43. The van der Waals surface area contributed by atoms with Crippen LogP contribution in [-0.4, -0.2) is 47.5 Å². The van der Waals surface area contributed by atoms with Gasteiger partial charge in [-0.25, -0.2) is 13.4 Å². The van der Waals surface area contributed by atoms with Gasteiger partial charge in [0, 0.05) is 30.3 Å². The second kappa shape index (κ2) is 6.51. The van der Waals surface area contributed by atoms with Crippen LogP contribution in [0.5, 0.6) is 0 Å². The molecule has 2 N–H and O–H groups in total. The van der Waals surface area contributed by atoms with Crippen LogP contribution in [0.3, 0.4) is 0 Å². The number of hydrogen-bond donors (Lipinski definition) is 1. The highest BCUT2D eigenvalue weighted by Crippen LogP contribution is 2.25. The molecule has 0 aliphatic carbocycles. The van der Waals surface area contributed by atoms with E-state index in [0.717, 1.165) is 5.75 Å². The molecule has 5 nitrogen and oxygen atoms in total. The van der Waals surface area contributed by atoms with Crippen LogP contribution in [0.1, 0.15) is 12.6 Å². The molecule has 2 rings (SSSR count). The number of nitrogens with two attached hydrogens (primary N) is 1. The van der Waals surface area contributed by atoms with E-state index in [1.165, 1.54) is 0 Å². The molecule has 1 atom stereocenters. The smallest absolute Gasteiger partial charge is 0.166 e. The van der Waals surface area contributed by atoms with Crippen LogP contribution in [0.25, 0.3) is 0 Å². The van der Waals surface area contributed by atoms with E-state index in [-0.39, 0.29) is 5.75 Å². The fourth-order valence-electron chi connectivity index (χ4n) is 2.12. The first-order chi connectivity index (χ1) is 9.44. The van der Waals surface area contributed by atoms with Crippen LogP contribution in [0.15, 0.2) is 12.1 Å². The van der Waals surface area contributed by atoms with Crippen molar-refractivity contribution in [1.82, 2.24) is 9.88 Å². The zero-order chi connectivity index (χ0) is 14.8. The Bertz CT molecular complexity index is 580. The minimum atomic E-state index is -3.11. The predicted octanol–water partition coefficient (Wildman–Crippen LogP) is 1.63. The highest BCUT2D eigenvalue weighted by atomic mass is 35.5. The van der Waals surface area contributed by atoms with Gasteiger partial charge in [0.05, 0.1) is 10.7 Å². The van der Waals surface area contributed by atoms with Crippen LogP contribution in [-0.2, 0) is 16.4 Å². The summed E-state index contributed by atoms with van der Waals surface area (Å²) in [7, 11) is -3.11. The molecule has 0 amide bonds. The fraction of sp³-hybridized carbons (Fsp3) is 0.583.